The SMILES string of the molecule is CC(C)(F)C[C@@H](CS(=O)(=O)c1ccc(Cl)cc1)C(N)=O. The summed E-state index contributed by atoms with van der Waals surface area (Å²) in [6, 6.07) is 5.56. The van der Waals surface area contributed by atoms with Gasteiger partial charge in [-0.1, -0.05) is 11.6 Å². The number of carbonyl (C=O) groups excluding carboxylic acids is 1. The van der Waals surface area contributed by atoms with E-state index in [0.29, 0.717) is 5.02 Å². The van der Waals surface area contributed by atoms with E-state index < -0.39 is 33.1 Å². The normalized spacial score (nSPS) is 14.0. The zero-order chi connectivity index (χ0) is 15.6. The second-order valence-electron chi connectivity index (χ2n) is 5.26. The molecule has 0 radical (unpaired) electrons. The van der Waals surface area contributed by atoms with Crippen LogP contribution in [0, 0.1) is 5.92 Å². The predicted molar refractivity (Wildman–Crippen MR) is 76.0 cm³/mol. The smallest absolute Gasteiger partial charge is 0.221 e. The van der Waals surface area contributed by atoms with Crippen molar-refractivity contribution in [3.05, 3.63) is 29.3 Å². The second-order valence-corrected chi connectivity index (χ2v) is 7.73. The summed E-state index contributed by atoms with van der Waals surface area (Å²) in [7, 11) is -3.72. The molecule has 1 amide bonds. The van der Waals surface area contributed by atoms with Gasteiger partial charge in [0.1, 0.15) is 5.67 Å². The monoisotopic (exact) mass is 321 g/mol. The summed E-state index contributed by atoms with van der Waals surface area (Å²) in [4.78, 5) is 11.3. The van der Waals surface area contributed by atoms with Crippen LogP contribution in [0.1, 0.15) is 20.3 Å². The van der Waals surface area contributed by atoms with Crippen LogP contribution >= 0.6 is 11.6 Å². The Morgan fingerprint density at radius 2 is 1.85 bits per heavy atom. The third-order valence-corrected chi connectivity index (χ3v) is 4.81. The van der Waals surface area contributed by atoms with Gasteiger partial charge in [-0.25, -0.2) is 12.8 Å². The molecule has 2 N–H and O–H groups in total. The summed E-state index contributed by atoms with van der Waals surface area (Å²) in [6.07, 6.45) is -0.241. The van der Waals surface area contributed by atoms with Crippen molar-refractivity contribution in [2.24, 2.45) is 11.7 Å². The van der Waals surface area contributed by atoms with E-state index in [2.05, 4.69) is 0 Å². The highest BCUT2D eigenvalue weighted by molar-refractivity contribution is 7.91. The van der Waals surface area contributed by atoms with Gasteiger partial charge in [0.25, 0.3) is 0 Å². The van der Waals surface area contributed by atoms with E-state index in [0.717, 1.165) is 0 Å². The van der Waals surface area contributed by atoms with Crippen LogP contribution in [-0.4, -0.2) is 25.7 Å². The second kappa shape index (κ2) is 6.10. The fraction of sp³-hybridized carbons (Fsp3) is 0.462. The fourth-order valence-corrected chi connectivity index (χ4v) is 3.51. The molecule has 0 heterocycles. The topological polar surface area (TPSA) is 77.2 Å². The van der Waals surface area contributed by atoms with Crippen molar-refractivity contribution < 1.29 is 17.6 Å². The van der Waals surface area contributed by atoms with Crippen LogP contribution in [0.25, 0.3) is 0 Å². The van der Waals surface area contributed by atoms with Crippen molar-refractivity contribution >= 4 is 27.3 Å². The molecule has 4 nitrogen and oxygen atoms in total. The Morgan fingerprint density at radius 3 is 2.25 bits per heavy atom. The zero-order valence-electron chi connectivity index (χ0n) is 11.3. The minimum absolute atomic E-state index is 0.0322. The van der Waals surface area contributed by atoms with Gasteiger partial charge in [0.2, 0.25) is 5.91 Å². The highest BCUT2D eigenvalue weighted by Crippen LogP contribution is 2.24. The van der Waals surface area contributed by atoms with E-state index in [4.69, 9.17) is 17.3 Å². The average Bonchev–Trinajstić information content (AvgIpc) is 2.26. The van der Waals surface area contributed by atoms with Gasteiger partial charge in [0.15, 0.2) is 9.84 Å². The highest BCUT2D eigenvalue weighted by Gasteiger charge is 2.31. The van der Waals surface area contributed by atoms with Crippen LogP contribution in [0.3, 0.4) is 0 Å². The van der Waals surface area contributed by atoms with Gasteiger partial charge in [0.05, 0.1) is 16.6 Å². The number of benzene rings is 1. The highest BCUT2D eigenvalue weighted by atomic mass is 35.5. The third-order valence-electron chi connectivity index (χ3n) is 2.73. The molecule has 0 aliphatic heterocycles. The van der Waals surface area contributed by atoms with E-state index >= 15 is 0 Å². The molecule has 0 aliphatic rings. The maximum Gasteiger partial charge on any atom is 0.221 e. The maximum atomic E-state index is 13.6. The van der Waals surface area contributed by atoms with Crippen LogP contribution in [0.5, 0.6) is 0 Å². The molecule has 1 atom stereocenters. The first-order valence-electron chi connectivity index (χ1n) is 5.98. The summed E-state index contributed by atoms with van der Waals surface area (Å²) in [5, 5.41) is 0.403. The summed E-state index contributed by atoms with van der Waals surface area (Å²) in [5.41, 5.74) is 3.49. The van der Waals surface area contributed by atoms with Crippen molar-refractivity contribution in [3.8, 4) is 0 Å². The molecule has 0 saturated heterocycles. The van der Waals surface area contributed by atoms with Gasteiger partial charge < -0.3 is 5.73 Å². The summed E-state index contributed by atoms with van der Waals surface area (Å²) >= 11 is 5.69. The molecule has 0 fully saturated rings. The molecule has 0 unspecified atom stereocenters. The molecule has 0 spiro atoms. The van der Waals surface area contributed by atoms with Crippen molar-refractivity contribution in [1.29, 1.82) is 0 Å². The lowest BCUT2D eigenvalue weighted by Gasteiger charge is -2.20. The number of rotatable bonds is 6. The molecular weight excluding hydrogens is 305 g/mol. The Bertz CT molecular complexity index is 579. The number of sulfone groups is 1. The van der Waals surface area contributed by atoms with Gasteiger partial charge in [-0.15, -0.1) is 0 Å². The lowest BCUT2D eigenvalue weighted by Crippen LogP contribution is -2.34. The Labute approximate surface area is 123 Å². The minimum atomic E-state index is -3.72. The molecule has 1 rings (SSSR count). The molecule has 0 aliphatic carbocycles. The first-order chi connectivity index (χ1) is 9.01. The number of amides is 1. The molecular formula is C13H17ClFNO3S. The molecule has 1 aromatic carbocycles. The Hall–Kier alpha value is -1.14. The number of halogens is 2. The summed E-state index contributed by atoms with van der Waals surface area (Å²) in [6.45, 7) is 2.55. The third kappa shape index (κ3) is 5.09. The van der Waals surface area contributed by atoms with Gasteiger partial charge >= 0.3 is 0 Å². The van der Waals surface area contributed by atoms with Crippen LogP contribution in [0.2, 0.25) is 5.02 Å². The number of nitrogens with two attached hydrogens (primary N) is 1. The van der Waals surface area contributed by atoms with Gasteiger partial charge in [-0.05, 0) is 44.5 Å². The van der Waals surface area contributed by atoms with Crippen molar-refractivity contribution in [1.82, 2.24) is 0 Å². The molecule has 0 saturated carbocycles. The number of hydrogen-bond donors (Lipinski definition) is 1. The van der Waals surface area contributed by atoms with E-state index in [-0.39, 0.29) is 11.3 Å². The van der Waals surface area contributed by atoms with Crippen molar-refractivity contribution in [2.75, 3.05) is 5.75 Å². The van der Waals surface area contributed by atoms with E-state index in [1.54, 1.807) is 0 Å². The molecule has 1 aromatic rings. The zero-order valence-corrected chi connectivity index (χ0v) is 12.8. The Morgan fingerprint density at radius 1 is 1.35 bits per heavy atom. The fourth-order valence-electron chi connectivity index (χ4n) is 1.83. The molecule has 7 heteroatoms. The standard InChI is InChI=1S/C13H17ClFNO3S/c1-13(2,15)7-9(12(16)17)8-20(18,19)11-5-3-10(14)4-6-11/h3-6,9H,7-8H2,1-2H3,(H2,16,17)/t9-/m0/s1. The number of primary amides is 1. The number of hydrogen-bond acceptors (Lipinski definition) is 3. The molecule has 0 bridgehead atoms. The van der Waals surface area contributed by atoms with Crippen LogP contribution in [0.15, 0.2) is 29.2 Å². The first-order valence-corrected chi connectivity index (χ1v) is 8.01. The number of carbonyl (C=O) groups is 1. The van der Waals surface area contributed by atoms with Gasteiger partial charge in [-0.2, -0.15) is 0 Å². The van der Waals surface area contributed by atoms with Gasteiger partial charge in [0, 0.05) is 5.02 Å². The van der Waals surface area contributed by atoms with Crippen molar-refractivity contribution in [2.45, 2.75) is 30.8 Å². The summed E-state index contributed by atoms with van der Waals surface area (Å²) < 4.78 is 38.0. The average molecular weight is 322 g/mol. The lowest BCUT2D eigenvalue weighted by molar-refractivity contribution is -0.122. The quantitative estimate of drug-likeness (QED) is 0.873. The first kappa shape index (κ1) is 16.9. The van der Waals surface area contributed by atoms with E-state index in [1.807, 2.05) is 0 Å². The minimum Gasteiger partial charge on any atom is -0.369 e. The summed E-state index contributed by atoms with van der Waals surface area (Å²) in [5.74, 6) is -2.42. The molecule has 112 valence electrons. The molecule has 20 heavy (non-hydrogen) atoms. The van der Waals surface area contributed by atoms with Crippen LogP contribution in [-0.2, 0) is 14.6 Å². The van der Waals surface area contributed by atoms with Gasteiger partial charge in [-0.3, -0.25) is 4.79 Å². The Kier molecular flexibility index (Phi) is 5.15. The van der Waals surface area contributed by atoms with Crippen LogP contribution in [0.4, 0.5) is 4.39 Å². The lowest BCUT2D eigenvalue weighted by atomic mass is 9.96. The van der Waals surface area contributed by atoms with Crippen LogP contribution < -0.4 is 5.73 Å². The van der Waals surface area contributed by atoms with E-state index in [9.17, 15) is 17.6 Å². The largest absolute Gasteiger partial charge is 0.369 e. The number of alkyl halides is 1. The maximum absolute atomic E-state index is 13.6. The molecule has 0 aromatic heterocycles. The Balaban J connectivity index is 2.97. The van der Waals surface area contributed by atoms with Crippen molar-refractivity contribution in [3.63, 3.8) is 0 Å². The predicted octanol–water partition coefficient (Wildman–Crippen LogP) is 2.35. The van der Waals surface area contributed by atoms with E-state index in [1.165, 1.54) is 38.1 Å².